The monoisotopic (exact) mass is 270 g/mol. The standard InChI is InChI=1S/C15H30N2O2/c1-6-8-15(9-7-10-16-11-15)12(18)17-13(2,3)14(4,5)19/h16,19H,6-11H2,1-5H3,(H,17,18). The number of hydrogen-bond donors (Lipinski definition) is 3. The smallest absolute Gasteiger partial charge is 0.228 e. The quantitative estimate of drug-likeness (QED) is 0.714. The number of rotatable bonds is 5. The minimum absolute atomic E-state index is 0.0775. The lowest BCUT2D eigenvalue weighted by Crippen LogP contribution is -2.62. The number of aliphatic hydroxyl groups is 1. The van der Waals surface area contributed by atoms with Crippen LogP contribution in [0.3, 0.4) is 0 Å². The molecule has 4 nitrogen and oxygen atoms in total. The highest BCUT2D eigenvalue weighted by Gasteiger charge is 2.44. The van der Waals surface area contributed by atoms with Crippen LogP contribution < -0.4 is 10.6 Å². The van der Waals surface area contributed by atoms with Crippen LogP contribution in [0.1, 0.15) is 60.3 Å². The summed E-state index contributed by atoms with van der Waals surface area (Å²) in [5.41, 5.74) is -1.89. The van der Waals surface area contributed by atoms with Crippen LogP contribution in [0.15, 0.2) is 0 Å². The number of nitrogens with one attached hydrogen (secondary N) is 2. The summed E-state index contributed by atoms with van der Waals surface area (Å²) in [4.78, 5) is 12.7. The van der Waals surface area contributed by atoms with Gasteiger partial charge in [-0.2, -0.15) is 0 Å². The molecular weight excluding hydrogens is 240 g/mol. The molecular formula is C15H30N2O2. The Kier molecular flexibility index (Phi) is 5.02. The Bertz CT molecular complexity index is 307. The molecule has 1 aliphatic heterocycles. The summed E-state index contributed by atoms with van der Waals surface area (Å²) >= 11 is 0. The van der Waals surface area contributed by atoms with E-state index in [1.165, 1.54) is 0 Å². The van der Waals surface area contributed by atoms with Crippen molar-refractivity contribution in [2.45, 2.75) is 71.4 Å². The second kappa shape index (κ2) is 5.80. The van der Waals surface area contributed by atoms with Gasteiger partial charge in [-0.15, -0.1) is 0 Å². The van der Waals surface area contributed by atoms with Crippen LogP contribution in [0.4, 0.5) is 0 Å². The van der Waals surface area contributed by atoms with E-state index < -0.39 is 11.1 Å². The summed E-state index contributed by atoms with van der Waals surface area (Å²) in [5.74, 6) is 0.0775. The molecule has 1 aliphatic rings. The van der Waals surface area contributed by atoms with Crippen molar-refractivity contribution in [2.24, 2.45) is 5.41 Å². The van der Waals surface area contributed by atoms with E-state index in [4.69, 9.17) is 0 Å². The fraction of sp³-hybridized carbons (Fsp3) is 0.933. The summed E-state index contributed by atoms with van der Waals surface area (Å²) in [6, 6.07) is 0. The molecule has 1 fully saturated rings. The Morgan fingerprint density at radius 2 is 2.00 bits per heavy atom. The van der Waals surface area contributed by atoms with Crippen molar-refractivity contribution in [3.05, 3.63) is 0 Å². The van der Waals surface area contributed by atoms with E-state index >= 15 is 0 Å². The van der Waals surface area contributed by atoms with Gasteiger partial charge in [0.15, 0.2) is 0 Å². The highest BCUT2D eigenvalue weighted by molar-refractivity contribution is 5.83. The van der Waals surface area contributed by atoms with Crippen LogP contribution in [0.5, 0.6) is 0 Å². The molecule has 4 heteroatoms. The van der Waals surface area contributed by atoms with Crippen molar-refractivity contribution < 1.29 is 9.90 Å². The fourth-order valence-corrected chi connectivity index (χ4v) is 2.54. The molecule has 0 radical (unpaired) electrons. The molecule has 112 valence electrons. The molecule has 1 heterocycles. The van der Waals surface area contributed by atoms with E-state index in [9.17, 15) is 9.90 Å². The zero-order valence-corrected chi connectivity index (χ0v) is 13.1. The lowest BCUT2D eigenvalue weighted by molar-refractivity contribution is -0.137. The Morgan fingerprint density at radius 3 is 2.42 bits per heavy atom. The van der Waals surface area contributed by atoms with Crippen molar-refractivity contribution in [2.75, 3.05) is 13.1 Å². The minimum atomic E-state index is -0.946. The van der Waals surface area contributed by atoms with Gasteiger partial charge < -0.3 is 15.7 Å². The lowest BCUT2D eigenvalue weighted by atomic mass is 9.75. The molecule has 0 spiro atoms. The summed E-state index contributed by atoms with van der Waals surface area (Å²) < 4.78 is 0. The molecule has 1 saturated heterocycles. The van der Waals surface area contributed by atoms with Gasteiger partial charge in [-0.25, -0.2) is 0 Å². The molecule has 0 aromatic rings. The zero-order valence-electron chi connectivity index (χ0n) is 13.1. The maximum absolute atomic E-state index is 12.7. The summed E-state index contributed by atoms with van der Waals surface area (Å²) in [7, 11) is 0. The van der Waals surface area contributed by atoms with Crippen LogP contribution >= 0.6 is 0 Å². The highest BCUT2D eigenvalue weighted by Crippen LogP contribution is 2.33. The van der Waals surface area contributed by atoms with Crippen LogP contribution in [0.25, 0.3) is 0 Å². The van der Waals surface area contributed by atoms with Crippen molar-refractivity contribution in [3.63, 3.8) is 0 Å². The SMILES string of the molecule is CCCC1(C(=O)NC(C)(C)C(C)(C)O)CCCNC1. The van der Waals surface area contributed by atoms with Gasteiger partial charge in [0.2, 0.25) is 5.91 Å². The zero-order chi connectivity index (χ0) is 14.7. The van der Waals surface area contributed by atoms with Crippen molar-refractivity contribution >= 4 is 5.91 Å². The number of piperidine rings is 1. The normalized spacial score (nSPS) is 25.2. The number of hydrogen-bond acceptors (Lipinski definition) is 3. The van der Waals surface area contributed by atoms with Crippen LogP contribution in [0, 0.1) is 5.41 Å². The van der Waals surface area contributed by atoms with Crippen LogP contribution in [-0.2, 0) is 4.79 Å². The van der Waals surface area contributed by atoms with Gasteiger partial charge in [-0.3, -0.25) is 4.79 Å². The molecule has 1 rings (SSSR count). The molecule has 0 aliphatic carbocycles. The number of carbonyl (C=O) groups is 1. The van der Waals surface area contributed by atoms with Gasteiger partial charge in [0.25, 0.3) is 0 Å². The first-order valence-corrected chi connectivity index (χ1v) is 7.40. The van der Waals surface area contributed by atoms with Crippen molar-refractivity contribution in [1.82, 2.24) is 10.6 Å². The van der Waals surface area contributed by atoms with Gasteiger partial charge in [0.1, 0.15) is 0 Å². The van der Waals surface area contributed by atoms with E-state index in [-0.39, 0.29) is 11.3 Å². The van der Waals surface area contributed by atoms with Crippen LogP contribution in [0.2, 0.25) is 0 Å². The van der Waals surface area contributed by atoms with E-state index in [0.29, 0.717) is 0 Å². The Labute approximate surface area is 117 Å². The predicted octanol–water partition coefficient (Wildman–Crippen LogP) is 1.82. The second-order valence-corrected chi connectivity index (χ2v) is 6.95. The second-order valence-electron chi connectivity index (χ2n) is 6.95. The first kappa shape index (κ1) is 16.4. The third kappa shape index (κ3) is 3.69. The topological polar surface area (TPSA) is 61.4 Å². The minimum Gasteiger partial charge on any atom is -0.388 e. The van der Waals surface area contributed by atoms with Crippen LogP contribution in [-0.4, -0.2) is 35.2 Å². The van der Waals surface area contributed by atoms with Gasteiger partial charge in [-0.05, 0) is 53.5 Å². The molecule has 3 N–H and O–H groups in total. The first-order valence-electron chi connectivity index (χ1n) is 7.40. The fourth-order valence-electron chi connectivity index (χ4n) is 2.54. The molecule has 0 saturated carbocycles. The number of carbonyl (C=O) groups excluding carboxylic acids is 1. The molecule has 1 amide bonds. The van der Waals surface area contributed by atoms with Gasteiger partial charge >= 0.3 is 0 Å². The molecule has 0 aromatic heterocycles. The number of amides is 1. The Morgan fingerprint density at radius 1 is 1.37 bits per heavy atom. The van der Waals surface area contributed by atoms with Crippen molar-refractivity contribution in [1.29, 1.82) is 0 Å². The largest absolute Gasteiger partial charge is 0.388 e. The maximum atomic E-state index is 12.7. The van der Waals surface area contributed by atoms with Gasteiger partial charge in [0.05, 0.1) is 16.6 Å². The Balaban J connectivity index is 2.84. The van der Waals surface area contributed by atoms with Gasteiger partial charge in [0, 0.05) is 6.54 Å². The molecule has 1 unspecified atom stereocenters. The third-order valence-electron chi connectivity index (χ3n) is 4.64. The van der Waals surface area contributed by atoms with E-state index in [1.54, 1.807) is 13.8 Å². The average molecular weight is 270 g/mol. The molecule has 19 heavy (non-hydrogen) atoms. The Hall–Kier alpha value is -0.610. The van der Waals surface area contributed by atoms with Gasteiger partial charge in [-0.1, -0.05) is 13.3 Å². The van der Waals surface area contributed by atoms with E-state index in [2.05, 4.69) is 17.6 Å². The maximum Gasteiger partial charge on any atom is 0.228 e. The summed E-state index contributed by atoms with van der Waals surface area (Å²) in [6.07, 6.45) is 3.86. The lowest BCUT2D eigenvalue weighted by Gasteiger charge is -2.43. The average Bonchev–Trinajstić information content (AvgIpc) is 2.28. The summed E-state index contributed by atoms with van der Waals surface area (Å²) in [6.45, 7) is 11.1. The first-order chi connectivity index (χ1) is 8.65. The van der Waals surface area contributed by atoms with E-state index in [0.717, 1.165) is 38.8 Å². The third-order valence-corrected chi connectivity index (χ3v) is 4.64. The van der Waals surface area contributed by atoms with Crippen molar-refractivity contribution in [3.8, 4) is 0 Å². The van der Waals surface area contributed by atoms with E-state index in [1.807, 2.05) is 13.8 Å². The predicted molar refractivity (Wildman–Crippen MR) is 78.0 cm³/mol. The molecule has 0 aromatic carbocycles. The summed E-state index contributed by atoms with van der Waals surface area (Å²) in [5, 5.41) is 16.6. The molecule has 0 bridgehead atoms. The highest BCUT2D eigenvalue weighted by atomic mass is 16.3. The molecule has 1 atom stereocenters.